The fraction of sp³-hybridized carbons (Fsp3) is 0.261. The molecule has 1 saturated carbocycles. The maximum absolute atomic E-state index is 13.4. The van der Waals surface area contributed by atoms with Gasteiger partial charge in [-0.2, -0.15) is 10.2 Å². The minimum absolute atomic E-state index is 0.0763. The van der Waals surface area contributed by atoms with E-state index in [9.17, 15) is 18.8 Å². The van der Waals surface area contributed by atoms with Gasteiger partial charge in [-0.15, -0.1) is 0 Å². The Balaban J connectivity index is 1.32. The zero-order valence-electron chi connectivity index (χ0n) is 16.9. The van der Waals surface area contributed by atoms with Gasteiger partial charge < -0.3 is 14.4 Å². The highest BCUT2D eigenvalue weighted by Gasteiger charge is 2.34. The Hall–Kier alpha value is -3.93. The number of hydrogen-bond acceptors (Lipinski definition) is 6. The third kappa shape index (κ3) is 3.87. The predicted octanol–water partition coefficient (Wildman–Crippen LogP) is 3.75. The lowest BCUT2D eigenvalue weighted by molar-refractivity contribution is 0.291. The molecule has 2 aromatic carbocycles. The van der Waals surface area contributed by atoms with E-state index in [4.69, 9.17) is 9.47 Å². The molecule has 0 bridgehead atoms. The lowest BCUT2D eigenvalue weighted by Crippen LogP contribution is -2.24. The van der Waals surface area contributed by atoms with Crippen LogP contribution in [0.5, 0.6) is 17.4 Å². The number of benzene rings is 2. The van der Waals surface area contributed by atoms with E-state index in [2.05, 4.69) is 9.88 Å². The molecule has 1 aliphatic heterocycles. The smallest absolute Gasteiger partial charge is 0.352 e. The van der Waals surface area contributed by atoms with Crippen LogP contribution in [-0.2, 0) is 13.2 Å². The lowest BCUT2D eigenvalue weighted by Gasteiger charge is -2.17. The van der Waals surface area contributed by atoms with Crippen molar-refractivity contribution < 1.29 is 18.3 Å². The van der Waals surface area contributed by atoms with Crippen molar-refractivity contribution in [3.63, 3.8) is 0 Å². The Labute approximate surface area is 182 Å². The van der Waals surface area contributed by atoms with Gasteiger partial charge in [-0.05, 0) is 42.7 Å². The quantitative estimate of drug-likeness (QED) is 0.586. The molecule has 9 heteroatoms. The van der Waals surface area contributed by atoms with Gasteiger partial charge in [0.1, 0.15) is 30.0 Å². The van der Waals surface area contributed by atoms with Crippen molar-refractivity contribution in [2.24, 2.45) is 0 Å². The SMILES string of the molecule is N#Cc1cc(COc2cc3n(c(=O)n2)CCN3C2CC2)ccc1Oc1ccc(F)c(F)c1. The van der Waals surface area contributed by atoms with Crippen molar-refractivity contribution >= 4 is 5.82 Å². The molecule has 0 N–H and O–H groups in total. The molecular formula is C23H18F2N4O3. The lowest BCUT2D eigenvalue weighted by atomic mass is 10.1. The fourth-order valence-corrected chi connectivity index (χ4v) is 3.74. The molecule has 0 radical (unpaired) electrons. The standard InChI is InChI=1S/C23H18F2N4O3/c24-18-5-4-17(10-19(18)25)32-20-6-1-14(9-15(20)12-26)13-31-21-11-22-28(16-2-3-16)7-8-29(22)23(30)27-21/h1,4-6,9-11,16H,2-3,7-8,13H2. The van der Waals surface area contributed by atoms with Crippen molar-refractivity contribution in [1.29, 1.82) is 5.26 Å². The van der Waals surface area contributed by atoms with E-state index in [0.717, 1.165) is 37.3 Å². The van der Waals surface area contributed by atoms with Crippen LogP contribution in [-0.4, -0.2) is 22.1 Å². The number of nitrogens with zero attached hydrogens (tertiary/aromatic N) is 4. The van der Waals surface area contributed by atoms with Gasteiger partial charge in [-0.1, -0.05) is 6.07 Å². The van der Waals surface area contributed by atoms with Gasteiger partial charge in [-0.25, -0.2) is 13.6 Å². The molecule has 3 aromatic rings. The molecule has 0 atom stereocenters. The molecule has 162 valence electrons. The van der Waals surface area contributed by atoms with Crippen LogP contribution in [0.2, 0.25) is 0 Å². The maximum Gasteiger partial charge on any atom is 0.352 e. The Morgan fingerprint density at radius 1 is 1.09 bits per heavy atom. The van der Waals surface area contributed by atoms with Crippen molar-refractivity contribution in [1.82, 2.24) is 9.55 Å². The first-order valence-electron chi connectivity index (χ1n) is 10.2. The highest BCUT2D eigenvalue weighted by Crippen LogP contribution is 2.35. The molecule has 7 nitrogen and oxygen atoms in total. The second-order valence-electron chi connectivity index (χ2n) is 7.72. The first kappa shape index (κ1) is 20.0. The summed E-state index contributed by atoms with van der Waals surface area (Å²) < 4.78 is 39.4. The van der Waals surface area contributed by atoms with Crippen molar-refractivity contribution in [3.8, 4) is 23.4 Å². The van der Waals surface area contributed by atoms with E-state index in [1.165, 1.54) is 6.07 Å². The minimum atomic E-state index is -1.04. The topological polar surface area (TPSA) is 80.4 Å². The van der Waals surface area contributed by atoms with Crippen LogP contribution in [0.25, 0.3) is 0 Å². The second kappa shape index (κ2) is 7.96. The van der Waals surface area contributed by atoms with E-state index in [1.54, 1.807) is 28.8 Å². The van der Waals surface area contributed by atoms with E-state index in [0.29, 0.717) is 18.2 Å². The van der Waals surface area contributed by atoms with Gasteiger partial charge in [0.25, 0.3) is 0 Å². The maximum atomic E-state index is 13.4. The van der Waals surface area contributed by atoms with Gasteiger partial charge in [0.2, 0.25) is 5.88 Å². The van der Waals surface area contributed by atoms with Crippen molar-refractivity contribution in [2.75, 3.05) is 11.4 Å². The Morgan fingerprint density at radius 3 is 2.69 bits per heavy atom. The molecule has 5 rings (SSSR count). The molecule has 0 amide bonds. The summed E-state index contributed by atoms with van der Waals surface area (Å²) in [6.45, 7) is 1.53. The van der Waals surface area contributed by atoms with Crippen LogP contribution in [0.3, 0.4) is 0 Å². The highest BCUT2D eigenvalue weighted by atomic mass is 19.2. The van der Waals surface area contributed by atoms with Gasteiger partial charge in [-0.3, -0.25) is 4.57 Å². The number of ether oxygens (including phenoxy) is 2. The molecule has 2 aliphatic rings. The monoisotopic (exact) mass is 436 g/mol. The number of anilines is 1. The van der Waals surface area contributed by atoms with E-state index in [-0.39, 0.29) is 35.2 Å². The van der Waals surface area contributed by atoms with Gasteiger partial charge in [0.05, 0.1) is 5.56 Å². The van der Waals surface area contributed by atoms with E-state index in [1.807, 2.05) is 6.07 Å². The molecule has 32 heavy (non-hydrogen) atoms. The van der Waals surface area contributed by atoms with Crippen LogP contribution in [0.4, 0.5) is 14.6 Å². The Morgan fingerprint density at radius 2 is 1.94 bits per heavy atom. The number of aromatic nitrogens is 2. The highest BCUT2D eigenvalue weighted by molar-refractivity contribution is 5.49. The summed E-state index contributed by atoms with van der Waals surface area (Å²) in [5.41, 5.74) is 0.534. The van der Waals surface area contributed by atoms with Crippen molar-refractivity contribution in [2.45, 2.75) is 32.0 Å². The molecule has 1 aromatic heterocycles. The Kier molecular flexibility index (Phi) is 4.98. The third-order valence-corrected chi connectivity index (χ3v) is 5.48. The molecule has 0 unspecified atom stereocenters. The zero-order valence-corrected chi connectivity index (χ0v) is 16.9. The summed E-state index contributed by atoms with van der Waals surface area (Å²) >= 11 is 0. The van der Waals surface area contributed by atoms with E-state index >= 15 is 0 Å². The molecule has 1 fully saturated rings. The summed E-state index contributed by atoms with van der Waals surface area (Å²) in [6, 6.07) is 12.2. The van der Waals surface area contributed by atoms with Crippen LogP contribution in [0.1, 0.15) is 24.0 Å². The second-order valence-corrected chi connectivity index (χ2v) is 7.72. The number of halogens is 2. The van der Waals surface area contributed by atoms with Crippen LogP contribution >= 0.6 is 0 Å². The summed E-state index contributed by atoms with van der Waals surface area (Å²) in [6.07, 6.45) is 2.26. The summed E-state index contributed by atoms with van der Waals surface area (Å²) in [4.78, 5) is 18.6. The third-order valence-electron chi connectivity index (χ3n) is 5.48. The van der Waals surface area contributed by atoms with Crippen LogP contribution in [0, 0.1) is 23.0 Å². The normalized spacial score (nSPS) is 14.7. The van der Waals surface area contributed by atoms with E-state index < -0.39 is 11.6 Å². The first-order valence-corrected chi connectivity index (χ1v) is 10.2. The zero-order chi connectivity index (χ0) is 22.2. The summed E-state index contributed by atoms with van der Waals surface area (Å²) in [7, 11) is 0. The molecule has 0 saturated heterocycles. The van der Waals surface area contributed by atoms with Gasteiger partial charge >= 0.3 is 5.69 Å². The minimum Gasteiger partial charge on any atom is -0.473 e. The number of nitriles is 1. The average Bonchev–Trinajstić information content (AvgIpc) is 3.54. The van der Waals surface area contributed by atoms with Gasteiger partial charge in [0.15, 0.2) is 11.6 Å². The number of hydrogen-bond donors (Lipinski definition) is 0. The molecule has 1 aliphatic carbocycles. The average molecular weight is 436 g/mol. The Bertz CT molecular complexity index is 1300. The van der Waals surface area contributed by atoms with Gasteiger partial charge in [0, 0.05) is 31.3 Å². The summed E-state index contributed by atoms with van der Waals surface area (Å²) in [5.74, 6) is -0.678. The first-order chi connectivity index (χ1) is 15.5. The molecular weight excluding hydrogens is 418 g/mol. The number of fused-ring (bicyclic) bond motifs is 1. The number of rotatable bonds is 6. The predicted molar refractivity (Wildman–Crippen MR) is 111 cm³/mol. The molecule has 2 heterocycles. The largest absolute Gasteiger partial charge is 0.473 e. The van der Waals surface area contributed by atoms with Crippen LogP contribution in [0.15, 0.2) is 47.3 Å². The fourth-order valence-electron chi connectivity index (χ4n) is 3.74. The summed E-state index contributed by atoms with van der Waals surface area (Å²) in [5, 5.41) is 9.47. The van der Waals surface area contributed by atoms with Crippen molar-refractivity contribution in [3.05, 3.63) is 75.7 Å². The van der Waals surface area contributed by atoms with Crippen LogP contribution < -0.4 is 20.1 Å². The molecule has 0 spiro atoms.